The van der Waals surface area contributed by atoms with Crippen LogP contribution in [0.3, 0.4) is 0 Å². The van der Waals surface area contributed by atoms with Crippen LogP contribution in [0.5, 0.6) is 0 Å². The van der Waals surface area contributed by atoms with Crippen molar-refractivity contribution in [2.24, 2.45) is 0 Å². The van der Waals surface area contributed by atoms with Gasteiger partial charge >= 0.3 is 0 Å². The summed E-state index contributed by atoms with van der Waals surface area (Å²) in [4.78, 5) is 4.89. The van der Waals surface area contributed by atoms with Crippen molar-refractivity contribution in [1.82, 2.24) is 9.55 Å². The monoisotopic (exact) mass is 586 g/mol. The van der Waals surface area contributed by atoms with Crippen LogP contribution < -0.4 is 27.3 Å². The van der Waals surface area contributed by atoms with E-state index < -0.39 is 0 Å². The minimum Gasteiger partial charge on any atom is -0.296 e. The van der Waals surface area contributed by atoms with E-state index in [0.717, 1.165) is 71.9 Å². The second-order valence-electron chi connectivity index (χ2n) is 11.9. The normalized spacial score (nSPS) is 11.5. The van der Waals surface area contributed by atoms with Gasteiger partial charge in [-0.25, -0.2) is 4.98 Å². The van der Waals surface area contributed by atoms with Crippen LogP contribution in [0.15, 0.2) is 121 Å². The Morgan fingerprint density at radius 1 is 0.468 bits per heavy atom. The summed E-state index contributed by atoms with van der Waals surface area (Å²) < 4.78 is 2.24. The molecule has 0 aliphatic rings. The average molecular weight is 586 g/mol. The van der Waals surface area contributed by atoms with Crippen LogP contribution >= 0.6 is 0 Å². The first kappa shape index (κ1) is 29.3. The summed E-state index contributed by atoms with van der Waals surface area (Å²) in [5.74, 6) is 0.917. The molecular formula is C40H23B5N2. The van der Waals surface area contributed by atoms with E-state index in [4.69, 9.17) is 44.2 Å². The fraction of sp³-hybridized carbons (Fsp3) is 0.0250. The summed E-state index contributed by atoms with van der Waals surface area (Å²) in [6, 6.07) is 42.1. The van der Waals surface area contributed by atoms with Crippen LogP contribution in [0.4, 0.5) is 0 Å². The number of aryl methyl sites for hydroxylation is 1. The summed E-state index contributed by atoms with van der Waals surface area (Å²) in [5.41, 5.74) is 10.1. The Labute approximate surface area is 280 Å². The molecule has 1 heterocycles. The van der Waals surface area contributed by atoms with Gasteiger partial charge in [0.15, 0.2) is 0 Å². The molecule has 7 aromatic carbocycles. The van der Waals surface area contributed by atoms with Gasteiger partial charge in [-0.05, 0) is 80.6 Å². The molecule has 0 aliphatic heterocycles. The number of imidazole rings is 1. The van der Waals surface area contributed by atoms with Gasteiger partial charge in [0, 0.05) is 5.56 Å². The molecular weight excluding hydrogens is 563 g/mol. The first-order valence-electron chi connectivity index (χ1n) is 15.4. The lowest BCUT2D eigenvalue weighted by Gasteiger charge is -2.23. The number of benzene rings is 7. The summed E-state index contributed by atoms with van der Waals surface area (Å²) in [7, 11) is 31.9. The Morgan fingerprint density at radius 3 is 1.79 bits per heavy atom. The number of hydrogen-bond acceptors (Lipinski definition) is 1. The minimum absolute atomic E-state index is 0.196. The predicted octanol–water partition coefficient (Wildman–Crippen LogP) is 4.61. The number of hydrogen-bond donors (Lipinski definition) is 0. The Balaban J connectivity index is 1.53. The third-order valence-electron chi connectivity index (χ3n) is 9.22. The van der Waals surface area contributed by atoms with E-state index in [-0.39, 0.29) is 16.4 Å². The van der Waals surface area contributed by atoms with Gasteiger partial charge in [0.05, 0.1) is 16.7 Å². The summed E-state index contributed by atoms with van der Waals surface area (Å²) in [6.45, 7) is 2.05. The first-order chi connectivity index (χ1) is 22.8. The van der Waals surface area contributed by atoms with Gasteiger partial charge in [-0.2, -0.15) is 0 Å². The maximum atomic E-state index is 6.57. The highest BCUT2D eigenvalue weighted by atomic mass is 15.1. The van der Waals surface area contributed by atoms with Crippen molar-refractivity contribution in [2.75, 3.05) is 0 Å². The van der Waals surface area contributed by atoms with Gasteiger partial charge in [-0.3, -0.25) is 4.57 Å². The molecule has 0 saturated carbocycles. The van der Waals surface area contributed by atoms with Gasteiger partial charge < -0.3 is 0 Å². The van der Waals surface area contributed by atoms with Crippen molar-refractivity contribution in [1.29, 1.82) is 0 Å². The molecule has 1 aromatic heterocycles. The highest BCUT2D eigenvalue weighted by molar-refractivity contribution is 6.68. The van der Waals surface area contributed by atoms with Crippen LogP contribution in [-0.4, -0.2) is 48.8 Å². The number of nitrogens with zero attached hydrogens (tertiary/aromatic N) is 2. The standard InChI is InChI=1S/C40H23B5N2/c1-22-46-30-16-8-10-18-32(30)47(22)31-17-9-7-15-28(31)35-26-14-6-5-13-25(26)33(23-11-3-2-4-12-23)29-21-24(19-20-27(29)35)34-36(41)38(43)40(45)39(44)37(34)42/h2-21H,1H3. The molecule has 0 amide bonds. The number of fused-ring (bicyclic) bond motifs is 3. The van der Waals surface area contributed by atoms with E-state index in [9.17, 15) is 0 Å². The molecule has 0 atom stereocenters. The van der Waals surface area contributed by atoms with Gasteiger partial charge in [-0.1, -0.05) is 108 Å². The average Bonchev–Trinajstić information content (AvgIpc) is 3.44. The molecule has 0 unspecified atom stereocenters. The molecule has 0 bridgehead atoms. The van der Waals surface area contributed by atoms with Gasteiger partial charge in [0.25, 0.3) is 0 Å². The van der Waals surface area contributed by atoms with E-state index in [0.29, 0.717) is 16.5 Å². The highest BCUT2D eigenvalue weighted by Gasteiger charge is 2.22. The quantitative estimate of drug-likeness (QED) is 0.218. The van der Waals surface area contributed by atoms with Crippen molar-refractivity contribution in [3.63, 3.8) is 0 Å². The van der Waals surface area contributed by atoms with E-state index in [1.807, 2.05) is 18.2 Å². The zero-order valence-corrected chi connectivity index (χ0v) is 25.8. The van der Waals surface area contributed by atoms with Crippen molar-refractivity contribution in [3.05, 3.63) is 127 Å². The third kappa shape index (κ3) is 4.52. The van der Waals surface area contributed by atoms with Gasteiger partial charge in [-0.15, -0.1) is 16.4 Å². The molecule has 0 aliphatic carbocycles. The molecule has 8 aromatic rings. The van der Waals surface area contributed by atoms with Crippen LogP contribution in [0, 0.1) is 6.92 Å². The van der Waals surface area contributed by atoms with E-state index >= 15 is 0 Å². The zero-order valence-electron chi connectivity index (χ0n) is 25.8. The Kier molecular flexibility index (Phi) is 7.02. The molecule has 2 nitrogen and oxygen atoms in total. The van der Waals surface area contributed by atoms with Crippen molar-refractivity contribution in [2.45, 2.75) is 6.92 Å². The van der Waals surface area contributed by atoms with Crippen molar-refractivity contribution in [3.8, 4) is 39.1 Å². The second-order valence-corrected chi connectivity index (χ2v) is 11.9. The van der Waals surface area contributed by atoms with Crippen molar-refractivity contribution >= 4 is 99.1 Å². The van der Waals surface area contributed by atoms with Gasteiger partial charge in [0.2, 0.25) is 0 Å². The van der Waals surface area contributed by atoms with Crippen LogP contribution in [0.2, 0.25) is 0 Å². The maximum absolute atomic E-state index is 6.57. The molecule has 0 fully saturated rings. The number of rotatable bonds is 4. The number of para-hydroxylation sites is 3. The minimum atomic E-state index is 0.196. The Bertz CT molecular complexity index is 2510. The van der Waals surface area contributed by atoms with E-state index in [1.165, 1.54) is 0 Å². The second kappa shape index (κ2) is 11.3. The molecule has 208 valence electrons. The number of aromatic nitrogens is 2. The fourth-order valence-electron chi connectivity index (χ4n) is 7.03. The summed E-state index contributed by atoms with van der Waals surface area (Å²) in [5, 5.41) is 4.38. The lowest BCUT2D eigenvalue weighted by molar-refractivity contribution is 1.00. The molecule has 0 saturated heterocycles. The van der Waals surface area contributed by atoms with Crippen LogP contribution in [0.25, 0.3) is 71.6 Å². The SMILES string of the molecule is [B]c1c([B])c([B])c(-c2ccc3c(-c4ccccc4-n4c(C)nc5ccccc54)c4ccccc4c(-c4ccccc4)c3c2)c([B])c1[B]. The summed E-state index contributed by atoms with van der Waals surface area (Å²) in [6.07, 6.45) is 0. The van der Waals surface area contributed by atoms with Crippen LogP contribution in [-0.2, 0) is 0 Å². The van der Waals surface area contributed by atoms with Gasteiger partial charge in [0.1, 0.15) is 45.1 Å². The van der Waals surface area contributed by atoms with E-state index in [2.05, 4.69) is 115 Å². The molecule has 8 rings (SSSR count). The lowest BCUT2D eigenvalue weighted by atomic mass is 9.59. The van der Waals surface area contributed by atoms with Crippen molar-refractivity contribution < 1.29 is 0 Å². The maximum Gasteiger partial charge on any atom is 0.113 e. The Hall–Kier alpha value is -5.15. The Morgan fingerprint density at radius 2 is 1.04 bits per heavy atom. The molecule has 7 heteroatoms. The van der Waals surface area contributed by atoms with E-state index in [1.54, 1.807) is 0 Å². The lowest BCUT2D eigenvalue weighted by Crippen LogP contribution is -2.55. The topological polar surface area (TPSA) is 17.8 Å². The predicted molar refractivity (Wildman–Crippen MR) is 204 cm³/mol. The first-order valence-corrected chi connectivity index (χ1v) is 15.4. The highest BCUT2D eigenvalue weighted by Crippen LogP contribution is 2.46. The molecule has 10 radical (unpaired) electrons. The smallest absolute Gasteiger partial charge is 0.113 e. The summed E-state index contributed by atoms with van der Waals surface area (Å²) >= 11 is 0. The molecule has 0 N–H and O–H groups in total. The largest absolute Gasteiger partial charge is 0.296 e. The fourth-order valence-corrected chi connectivity index (χ4v) is 7.03. The molecule has 47 heavy (non-hydrogen) atoms. The molecule has 0 spiro atoms. The van der Waals surface area contributed by atoms with Crippen LogP contribution in [0.1, 0.15) is 5.82 Å². The zero-order chi connectivity index (χ0) is 32.4. The third-order valence-corrected chi connectivity index (χ3v) is 9.22.